The zero-order chi connectivity index (χ0) is 14.4. The van der Waals surface area contributed by atoms with Crippen molar-refractivity contribution >= 4 is 11.6 Å². The lowest BCUT2D eigenvalue weighted by Crippen LogP contribution is -2.50. The minimum Gasteiger partial charge on any atom is -0.491 e. The molecule has 0 aromatic heterocycles. The fraction of sp³-hybridized carbons (Fsp3) is 0.571. The number of rotatable bonds is 6. The maximum Gasteiger partial charge on any atom is 0.119 e. The van der Waals surface area contributed by atoms with E-state index in [1.54, 1.807) is 24.3 Å². The lowest BCUT2D eigenvalue weighted by Gasteiger charge is -2.35. The summed E-state index contributed by atoms with van der Waals surface area (Å²) in [6.07, 6.45) is -0.613. The molecule has 2 atom stereocenters. The highest BCUT2D eigenvalue weighted by molar-refractivity contribution is 6.30. The monoisotopic (exact) mass is 301 g/mol. The van der Waals surface area contributed by atoms with E-state index in [2.05, 4.69) is 0 Å². The molecule has 1 fully saturated rings. The summed E-state index contributed by atoms with van der Waals surface area (Å²) in [5.41, 5.74) is 0. The standard InChI is InChI=1S/C14H20ClNO4/c15-11-1-3-14(4-2-11)20-10-13(18)7-16-5-6-19-9-12(16)8-17/h1-4,12-13,17-18H,5-10H2/t12-,13-/m1/s1. The first-order valence-electron chi connectivity index (χ1n) is 6.68. The topological polar surface area (TPSA) is 62.2 Å². The Bertz CT molecular complexity index is 401. The molecule has 1 aromatic carbocycles. The number of benzene rings is 1. The van der Waals surface area contributed by atoms with Crippen molar-refractivity contribution in [3.05, 3.63) is 29.3 Å². The van der Waals surface area contributed by atoms with Crippen LogP contribution in [0.15, 0.2) is 24.3 Å². The number of ether oxygens (including phenoxy) is 2. The van der Waals surface area contributed by atoms with Crippen LogP contribution in [0.25, 0.3) is 0 Å². The minimum absolute atomic E-state index is 0.0325. The fourth-order valence-corrected chi connectivity index (χ4v) is 2.27. The predicted octanol–water partition coefficient (Wildman–Crippen LogP) is 0.773. The third-order valence-corrected chi connectivity index (χ3v) is 3.51. The molecule has 112 valence electrons. The molecule has 0 radical (unpaired) electrons. The molecule has 1 aliphatic heterocycles. The molecule has 2 rings (SSSR count). The third-order valence-electron chi connectivity index (χ3n) is 3.26. The highest BCUT2D eigenvalue weighted by Crippen LogP contribution is 2.16. The van der Waals surface area contributed by atoms with Crippen molar-refractivity contribution in [3.63, 3.8) is 0 Å². The van der Waals surface area contributed by atoms with Gasteiger partial charge in [-0.15, -0.1) is 0 Å². The molecule has 0 spiro atoms. The van der Waals surface area contributed by atoms with Crippen LogP contribution in [0, 0.1) is 0 Å². The van der Waals surface area contributed by atoms with Gasteiger partial charge in [-0.3, -0.25) is 4.90 Å². The molecule has 0 amide bonds. The van der Waals surface area contributed by atoms with Crippen molar-refractivity contribution in [1.29, 1.82) is 0 Å². The number of morpholine rings is 1. The molecule has 1 heterocycles. The SMILES string of the molecule is OC[C@@H]1COCCN1C[C@@H](O)COc1ccc(Cl)cc1. The molecule has 20 heavy (non-hydrogen) atoms. The molecule has 0 unspecified atom stereocenters. The second kappa shape index (κ2) is 7.81. The van der Waals surface area contributed by atoms with Gasteiger partial charge in [-0.25, -0.2) is 0 Å². The normalized spacial score (nSPS) is 21.6. The van der Waals surface area contributed by atoms with Crippen LogP contribution in [0.2, 0.25) is 5.02 Å². The first kappa shape index (κ1) is 15.5. The Morgan fingerprint density at radius 1 is 1.40 bits per heavy atom. The number of halogens is 1. The predicted molar refractivity (Wildman–Crippen MR) is 76.2 cm³/mol. The van der Waals surface area contributed by atoms with E-state index in [-0.39, 0.29) is 19.3 Å². The van der Waals surface area contributed by atoms with Crippen molar-refractivity contribution in [2.45, 2.75) is 12.1 Å². The minimum atomic E-state index is -0.613. The average Bonchev–Trinajstić information content (AvgIpc) is 2.47. The van der Waals surface area contributed by atoms with Gasteiger partial charge in [-0.2, -0.15) is 0 Å². The van der Waals surface area contributed by atoms with E-state index in [0.717, 1.165) is 0 Å². The molecule has 6 heteroatoms. The first-order valence-corrected chi connectivity index (χ1v) is 7.06. The Kier molecular flexibility index (Phi) is 6.06. The lowest BCUT2D eigenvalue weighted by atomic mass is 10.2. The van der Waals surface area contributed by atoms with Crippen LogP contribution in [-0.2, 0) is 4.74 Å². The van der Waals surface area contributed by atoms with Gasteiger partial charge >= 0.3 is 0 Å². The Hall–Kier alpha value is -0.850. The van der Waals surface area contributed by atoms with Crippen LogP contribution < -0.4 is 4.74 Å². The van der Waals surface area contributed by atoms with Gasteiger partial charge in [0, 0.05) is 18.1 Å². The van der Waals surface area contributed by atoms with Crippen molar-refractivity contribution < 1.29 is 19.7 Å². The van der Waals surface area contributed by atoms with E-state index in [0.29, 0.717) is 37.1 Å². The Labute approximate surface area is 123 Å². The van der Waals surface area contributed by atoms with Gasteiger partial charge in [-0.05, 0) is 24.3 Å². The molecule has 0 saturated carbocycles. The quantitative estimate of drug-likeness (QED) is 0.813. The van der Waals surface area contributed by atoms with Gasteiger partial charge in [0.25, 0.3) is 0 Å². The lowest BCUT2D eigenvalue weighted by molar-refractivity contribution is -0.0480. The largest absolute Gasteiger partial charge is 0.491 e. The second-order valence-electron chi connectivity index (χ2n) is 4.82. The van der Waals surface area contributed by atoms with Crippen LogP contribution in [0.1, 0.15) is 0 Å². The average molecular weight is 302 g/mol. The van der Waals surface area contributed by atoms with Crippen LogP contribution in [0.3, 0.4) is 0 Å². The number of aliphatic hydroxyl groups excluding tert-OH is 2. The summed E-state index contributed by atoms with van der Waals surface area (Å²) in [4.78, 5) is 2.03. The third kappa shape index (κ3) is 4.61. The fourth-order valence-electron chi connectivity index (χ4n) is 2.14. The number of nitrogens with zero attached hydrogens (tertiary/aromatic N) is 1. The molecule has 1 saturated heterocycles. The van der Waals surface area contributed by atoms with E-state index in [1.165, 1.54) is 0 Å². The van der Waals surface area contributed by atoms with E-state index in [1.807, 2.05) is 4.90 Å². The van der Waals surface area contributed by atoms with Crippen molar-refractivity contribution in [2.24, 2.45) is 0 Å². The number of aliphatic hydroxyl groups is 2. The van der Waals surface area contributed by atoms with Gasteiger partial charge in [-0.1, -0.05) is 11.6 Å². The molecular weight excluding hydrogens is 282 g/mol. The summed E-state index contributed by atoms with van der Waals surface area (Å²) in [5.74, 6) is 0.675. The van der Waals surface area contributed by atoms with Crippen molar-refractivity contribution in [2.75, 3.05) is 39.5 Å². The van der Waals surface area contributed by atoms with Crippen molar-refractivity contribution in [1.82, 2.24) is 4.90 Å². The summed E-state index contributed by atoms with van der Waals surface area (Å²) in [5, 5.41) is 19.9. The van der Waals surface area contributed by atoms with E-state index in [4.69, 9.17) is 21.1 Å². The molecular formula is C14H20ClNO4. The highest BCUT2D eigenvalue weighted by Gasteiger charge is 2.24. The molecule has 0 aliphatic carbocycles. The molecule has 5 nitrogen and oxygen atoms in total. The second-order valence-corrected chi connectivity index (χ2v) is 5.26. The molecule has 0 bridgehead atoms. The number of hydrogen-bond donors (Lipinski definition) is 2. The van der Waals surface area contributed by atoms with Crippen LogP contribution in [0.5, 0.6) is 5.75 Å². The molecule has 2 N–H and O–H groups in total. The maximum atomic E-state index is 10.0. The summed E-state index contributed by atoms with van der Waals surface area (Å²) in [6, 6.07) is 6.97. The van der Waals surface area contributed by atoms with Gasteiger partial charge in [0.05, 0.1) is 25.9 Å². The van der Waals surface area contributed by atoms with E-state index < -0.39 is 6.10 Å². The highest BCUT2D eigenvalue weighted by atomic mass is 35.5. The summed E-state index contributed by atoms with van der Waals surface area (Å²) in [7, 11) is 0. The summed E-state index contributed by atoms with van der Waals surface area (Å²) in [6.45, 7) is 2.54. The molecule has 1 aromatic rings. The van der Waals surface area contributed by atoms with Gasteiger partial charge < -0.3 is 19.7 Å². The zero-order valence-electron chi connectivity index (χ0n) is 11.2. The summed E-state index contributed by atoms with van der Waals surface area (Å²) >= 11 is 5.79. The summed E-state index contributed by atoms with van der Waals surface area (Å²) < 4.78 is 10.8. The van der Waals surface area contributed by atoms with Crippen LogP contribution in [0.4, 0.5) is 0 Å². The van der Waals surface area contributed by atoms with Crippen LogP contribution in [-0.4, -0.2) is 66.8 Å². The smallest absolute Gasteiger partial charge is 0.119 e. The molecule has 1 aliphatic rings. The van der Waals surface area contributed by atoms with Crippen molar-refractivity contribution in [3.8, 4) is 5.75 Å². The number of β-amino-alcohol motifs (C(OH)–C–C–N with tert-alkyl or cyclic N) is 1. The Morgan fingerprint density at radius 2 is 2.15 bits per heavy atom. The van der Waals surface area contributed by atoms with Crippen LogP contribution >= 0.6 is 11.6 Å². The zero-order valence-corrected chi connectivity index (χ0v) is 12.0. The Balaban J connectivity index is 1.76. The van der Waals surface area contributed by atoms with Gasteiger partial charge in [0.1, 0.15) is 18.5 Å². The van der Waals surface area contributed by atoms with Gasteiger partial charge in [0.2, 0.25) is 0 Å². The van der Waals surface area contributed by atoms with E-state index >= 15 is 0 Å². The number of hydrogen-bond acceptors (Lipinski definition) is 5. The van der Waals surface area contributed by atoms with Gasteiger partial charge in [0.15, 0.2) is 0 Å². The Morgan fingerprint density at radius 3 is 2.85 bits per heavy atom. The first-order chi connectivity index (χ1) is 9.69. The van der Waals surface area contributed by atoms with E-state index in [9.17, 15) is 10.2 Å². The maximum absolute atomic E-state index is 10.0.